The third kappa shape index (κ3) is 5.12. The number of halogens is 1. The van der Waals surface area contributed by atoms with Crippen molar-refractivity contribution >= 4 is 23.5 Å². The summed E-state index contributed by atoms with van der Waals surface area (Å²) in [5, 5.41) is 3.79. The number of nitrogens with zero attached hydrogens (tertiary/aromatic N) is 4. The number of hydrogen-bond acceptors (Lipinski definition) is 6. The van der Waals surface area contributed by atoms with E-state index in [0.717, 1.165) is 37.4 Å². The van der Waals surface area contributed by atoms with Gasteiger partial charge in [-0.15, -0.1) is 0 Å². The Balaban J connectivity index is 1.22. The molecule has 150 valence electrons. The average molecular weight is 412 g/mol. The number of oxazole rings is 1. The molecule has 0 saturated carbocycles. The fraction of sp³-hybridized carbons (Fsp3) is 0.333. The summed E-state index contributed by atoms with van der Waals surface area (Å²) in [6.07, 6.45) is 7.75. The molecular weight excluding hydrogens is 390 g/mol. The number of aryl methyl sites for hydroxylation is 1. The summed E-state index contributed by atoms with van der Waals surface area (Å²) in [7, 11) is 0. The highest BCUT2D eigenvalue weighted by Crippen LogP contribution is 2.23. The Morgan fingerprint density at radius 2 is 1.86 bits per heavy atom. The van der Waals surface area contributed by atoms with E-state index in [4.69, 9.17) is 16.0 Å². The molecule has 8 heteroatoms. The number of amides is 1. The van der Waals surface area contributed by atoms with Crippen molar-refractivity contribution in [3.63, 3.8) is 0 Å². The molecule has 4 rings (SSSR count). The van der Waals surface area contributed by atoms with Gasteiger partial charge < -0.3 is 14.6 Å². The summed E-state index contributed by atoms with van der Waals surface area (Å²) < 4.78 is 5.76. The lowest BCUT2D eigenvalue weighted by atomic mass is 10.1. The molecular formula is C21H22ClN5O2. The van der Waals surface area contributed by atoms with Crippen LogP contribution >= 0.6 is 11.6 Å². The van der Waals surface area contributed by atoms with E-state index in [2.05, 4.69) is 25.2 Å². The van der Waals surface area contributed by atoms with E-state index in [9.17, 15) is 4.79 Å². The van der Waals surface area contributed by atoms with Crippen LogP contribution in [0, 0.1) is 0 Å². The number of piperidine rings is 1. The summed E-state index contributed by atoms with van der Waals surface area (Å²) in [5.74, 6) is 2.00. The summed E-state index contributed by atoms with van der Waals surface area (Å²) >= 11 is 5.91. The van der Waals surface area contributed by atoms with Gasteiger partial charge in [0.1, 0.15) is 0 Å². The van der Waals surface area contributed by atoms with Gasteiger partial charge in [-0.25, -0.2) is 15.0 Å². The maximum absolute atomic E-state index is 12.3. The quantitative estimate of drug-likeness (QED) is 0.668. The van der Waals surface area contributed by atoms with E-state index in [1.165, 1.54) is 0 Å². The number of hydrogen-bond donors (Lipinski definition) is 1. The molecule has 0 atom stereocenters. The van der Waals surface area contributed by atoms with Crippen molar-refractivity contribution in [1.82, 2.24) is 20.3 Å². The molecule has 3 aromatic rings. The van der Waals surface area contributed by atoms with Gasteiger partial charge in [0.05, 0.1) is 6.20 Å². The van der Waals surface area contributed by atoms with Gasteiger partial charge in [0, 0.05) is 55.0 Å². The normalized spacial score (nSPS) is 14.7. The van der Waals surface area contributed by atoms with Crippen molar-refractivity contribution < 1.29 is 9.21 Å². The first kappa shape index (κ1) is 19.4. The molecule has 1 amide bonds. The van der Waals surface area contributed by atoms with Gasteiger partial charge in [-0.05, 0) is 43.2 Å². The Morgan fingerprint density at radius 1 is 1.14 bits per heavy atom. The number of aromatic nitrogens is 3. The van der Waals surface area contributed by atoms with Crippen molar-refractivity contribution in [3.8, 4) is 11.3 Å². The van der Waals surface area contributed by atoms with Crippen LogP contribution in [0.4, 0.5) is 5.95 Å². The van der Waals surface area contributed by atoms with Crippen molar-refractivity contribution in [1.29, 1.82) is 0 Å². The van der Waals surface area contributed by atoms with Crippen LogP contribution in [0.1, 0.15) is 25.2 Å². The fourth-order valence-corrected chi connectivity index (χ4v) is 3.50. The SMILES string of the molecule is O=C(CCc1ncc(-c2ccc(Cl)cc2)o1)NC1CCN(c2ncccn2)CC1. The molecule has 1 aromatic carbocycles. The predicted octanol–water partition coefficient (Wildman–Crippen LogP) is 3.50. The Kier molecular flexibility index (Phi) is 6.05. The second-order valence-electron chi connectivity index (χ2n) is 7.00. The molecule has 1 saturated heterocycles. The van der Waals surface area contributed by atoms with Crippen LogP contribution in [0.2, 0.25) is 5.02 Å². The first-order valence-corrected chi connectivity index (χ1v) is 10.1. The highest BCUT2D eigenvalue weighted by atomic mass is 35.5. The second kappa shape index (κ2) is 9.05. The molecule has 1 aliphatic rings. The summed E-state index contributed by atoms with van der Waals surface area (Å²) in [5.41, 5.74) is 0.909. The van der Waals surface area contributed by atoms with Crippen molar-refractivity contribution in [2.45, 2.75) is 31.7 Å². The predicted molar refractivity (Wildman–Crippen MR) is 111 cm³/mol. The van der Waals surface area contributed by atoms with Gasteiger partial charge in [-0.1, -0.05) is 11.6 Å². The monoisotopic (exact) mass is 411 g/mol. The first-order valence-electron chi connectivity index (χ1n) is 9.69. The summed E-state index contributed by atoms with van der Waals surface area (Å²) in [6.45, 7) is 1.66. The minimum absolute atomic E-state index is 0.0191. The summed E-state index contributed by atoms with van der Waals surface area (Å²) in [6, 6.07) is 9.36. The maximum Gasteiger partial charge on any atom is 0.225 e. The van der Waals surface area contributed by atoms with Crippen LogP contribution in [0.25, 0.3) is 11.3 Å². The third-order valence-electron chi connectivity index (χ3n) is 4.94. The zero-order valence-electron chi connectivity index (χ0n) is 15.9. The topological polar surface area (TPSA) is 84.2 Å². The third-order valence-corrected chi connectivity index (χ3v) is 5.20. The molecule has 29 heavy (non-hydrogen) atoms. The van der Waals surface area contributed by atoms with Gasteiger partial charge in [0.2, 0.25) is 11.9 Å². The van der Waals surface area contributed by atoms with E-state index in [0.29, 0.717) is 29.5 Å². The van der Waals surface area contributed by atoms with Crippen LogP contribution in [0.5, 0.6) is 0 Å². The number of anilines is 1. The Morgan fingerprint density at radius 3 is 2.59 bits per heavy atom. The maximum atomic E-state index is 12.3. The zero-order chi connectivity index (χ0) is 20.1. The van der Waals surface area contributed by atoms with Gasteiger partial charge in [0.15, 0.2) is 11.7 Å². The van der Waals surface area contributed by atoms with Crippen LogP contribution in [0.15, 0.2) is 53.3 Å². The van der Waals surface area contributed by atoms with Crippen LogP contribution in [-0.4, -0.2) is 40.0 Å². The standard InChI is InChI=1S/C21H22ClN5O2/c22-16-4-2-15(3-5-16)18-14-25-20(29-18)7-6-19(28)26-17-8-12-27(13-9-17)21-23-10-1-11-24-21/h1-5,10-11,14,17H,6-9,12-13H2,(H,26,28). The molecule has 2 aromatic heterocycles. The van der Waals surface area contributed by atoms with Crippen molar-refractivity contribution in [3.05, 3.63) is 59.8 Å². The highest BCUT2D eigenvalue weighted by Gasteiger charge is 2.22. The fourth-order valence-electron chi connectivity index (χ4n) is 3.37. The lowest BCUT2D eigenvalue weighted by Gasteiger charge is -2.32. The Hall–Kier alpha value is -2.93. The molecule has 3 heterocycles. The van der Waals surface area contributed by atoms with E-state index >= 15 is 0 Å². The molecule has 0 spiro atoms. The van der Waals surface area contributed by atoms with E-state index in [-0.39, 0.29) is 11.9 Å². The van der Waals surface area contributed by atoms with E-state index in [1.807, 2.05) is 30.3 Å². The van der Waals surface area contributed by atoms with Gasteiger partial charge in [0.25, 0.3) is 0 Å². The molecule has 0 unspecified atom stereocenters. The molecule has 0 radical (unpaired) electrons. The first-order chi connectivity index (χ1) is 14.2. The summed E-state index contributed by atoms with van der Waals surface area (Å²) in [4.78, 5) is 27.3. The number of nitrogens with one attached hydrogen (secondary N) is 1. The van der Waals surface area contributed by atoms with Crippen molar-refractivity contribution in [2.75, 3.05) is 18.0 Å². The Bertz CT molecular complexity index is 937. The number of carbonyl (C=O) groups is 1. The minimum atomic E-state index is 0.0191. The second-order valence-corrected chi connectivity index (χ2v) is 7.44. The van der Waals surface area contributed by atoms with E-state index < -0.39 is 0 Å². The number of benzene rings is 1. The van der Waals surface area contributed by atoms with Gasteiger partial charge in [-0.3, -0.25) is 4.79 Å². The minimum Gasteiger partial charge on any atom is -0.441 e. The Labute approximate surface area is 174 Å². The van der Waals surface area contributed by atoms with Crippen LogP contribution in [-0.2, 0) is 11.2 Å². The molecule has 0 bridgehead atoms. The number of carbonyl (C=O) groups excluding carboxylic acids is 1. The average Bonchev–Trinajstić information content (AvgIpc) is 3.23. The van der Waals surface area contributed by atoms with Gasteiger partial charge >= 0.3 is 0 Å². The smallest absolute Gasteiger partial charge is 0.225 e. The molecule has 0 aliphatic carbocycles. The lowest BCUT2D eigenvalue weighted by molar-refractivity contribution is -0.122. The number of rotatable bonds is 6. The van der Waals surface area contributed by atoms with Crippen molar-refractivity contribution in [2.24, 2.45) is 0 Å². The lowest BCUT2D eigenvalue weighted by Crippen LogP contribution is -2.45. The molecule has 1 N–H and O–H groups in total. The molecule has 7 nitrogen and oxygen atoms in total. The van der Waals surface area contributed by atoms with Crippen LogP contribution in [0.3, 0.4) is 0 Å². The van der Waals surface area contributed by atoms with E-state index in [1.54, 1.807) is 18.6 Å². The molecule has 1 aliphatic heterocycles. The zero-order valence-corrected chi connectivity index (χ0v) is 16.7. The highest BCUT2D eigenvalue weighted by molar-refractivity contribution is 6.30. The molecule has 1 fully saturated rings. The van der Waals surface area contributed by atoms with Gasteiger partial charge in [-0.2, -0.15) is 0 Å². The largest absolute Gasteiger partial charge is 0.441 e. The van der Waals surface area contributed by atoms with Crippen LogP contribution < -0.4 is 10.2 Å².